The van der Waals surface area contributed by atoms with E-state index in [2.05, 4.69) is 81.4 Å². The molecule has 0 bridgehead atoms. The second-order valence-electron chi connectivity index (χ2n) is 4.38. The molecular formula is C14H13BrClIN2. The van der Waals surface area contributed by atoms with Crippen molar-refractivity contribution in [1.82, 2.24) is 9.97 Å². The van der Waals surface area contributed by atoms with Crippen molar-refractivity contribution in [1.29, 1.82) is 0 Å². The lowest BCUT2D eigenvalue weighted by molar-refractivity contribution is 0.988. The highest BCUT2D eigenvalue weighted by Crippen LogP contribution is 2.29. The summed E-state index contributed by atoms with van der Waals surface area (Å²) in [5, 5.41) is 0.528. The van der Waals surface area contributed by atoms with Crippen molar-refractivity contribution >= 4 is 50.1 Å². The Morgan fingerprint density at radius 3 is 2.32 bits per heavy atom. The van der Waals surface area contributed by atoms with Gasteiger partial charge in [-0.25, -0.2) is 9.97 Å². The highest BCUT2D eigenvalue weighted by atomic mass is 127. The Morgan fingerprint density at radius 2 is 1.79 bits per heavy atom. The highest BCUT2D eigenvalue weighted by Gasteiger charge is 2.12. The van der Waals surface area contributed by atoms with E-state index in [0.717, 1.165) is 25.7 Å². The van der Waals surface area contributed by atoms with E-state index in [4.69, 9.17) is 11.6 Å². The van der Waals surface area contributed by atoms with Gasteiger partial charge in [0.15, 0.2) is 5.82 Å². The molecule has 0 unspecified atom stereocenters. The van der Waals surface area contributed by atoms with Gasteiger partial charge in [-0.15, -0.1) is 0 Å². The molecule has 1 heterocycles. The van der Waals surface area contributed by atoms with Gasteiger partial charge in [-0.05, 0) is 66.1 Å². The van der Waals surface area contributed by atoms with Gasteiger partial charge in [0.1, 0.15) is 5.15 Å². The van der Waals surface area contributed by atoms with Crippen LogP contribution in [-0.4, -0.2) is 9.97 Å². The molecule has 1 aromatic carbocycles. The maximum Gasteiger partial charge on any atom is 0.161 e. The maximum absolute atomic E-state index is 6.19. The number of aromatic nitrogens is 2. The summed E-state index contributed by atoms with van der Waals surface area (Å²) in [6.45, 7) is 6.20. The monoisotopic (exact) mass is 450 g/mol. The first-order chi connectivity index (χ1) is 8.93. The SMILES string of the molecule is CCc1nc(-c2cc(C)c(Br)c(C)c2)nc(Cl)c1I. The van der Waals surface area contributed by atoms with Crippen molar-refractivity contribution in [2.24, 2.45) is 0 Å². The quantitative estimate of drug-likeness (QED) is 0.455. The third-order valence-electron chi connectivity index (χ3n) is 2.91. The Labute approximate surface area is 140 Å². The molecule has 0 fully saturated rings. The van der Waals surface area contributed by atoms with Crippen LogP contribution in [0, 0.1) is 17.4 Å². The summed E-state index contributed by atoms with van der Waals surface area (Å²) in [6, 6.07) is 4.16. The summed E-state index contributed by atoms with van der Waals surface area (Å²) < 4.78 is 2.07. The van der Waals surface area contributed by atoms with E-state index in [-0.39, 0.29) is 0 Å². The zero-order chi connectivity index (χ0) is 14.2. The predicted molar refractivity (Wildman–Crippen MR) is 91.7 cm³/mol. The minimum Gasteiger partial charge on any atom is -0.232 e. The molecule has 2 rings (SSSR count). The first-order valence-electron chi connectivity index (χ1n) is 5.93. The fraction of sp³-hybridized carbons (Fsp3) is 0.286. The van der Waals surface area contributed by atoms with Gasteiger partial charge in [0.05, 0.1) is 9.26 Å². The van der Waals surface area contributed by atoms with Gasteiger partial charge in [-0.1, -0.05) is 34.5 Å². The van der Waals surface area contributed by atoms with E-state index >= 15 is 0 Å². The minimum absolute atomic E-state index is 0.528. The standard InChI is InChI=1S/C14H13BrClIN2/c1-4-10-12(17)13(16)19-14(18-10)9-5-7(2)11(15)8(3)6-9/h5-6H,4H2,1-3H3. The van der Waals surface area contributed by atoms with Crippen molar-refractivity contribution in [2.45, 2.75) is 27.2 Å². The number of aryl methyl sites for hydroxylation is 3. The van der Waals surface area contributed by atoms with Crippen LogP contribution in [0.25, 0.3) is 11.4 Å². The summed E-state index contributed by atoms with van der Waals surface area (Å²) in [4.78, 5) is 9.01. The lowest BCUT2D eigenvalue weighted by atomic mass is 10.1. The van der Waals surface area contributed by atoms with Crippen molar-refractivity contribution in [2.75, 3.05) is 0 Å². The first kappa shape index (κ1) is 15.2. The van der Waals surface area contributed by atoms with Crippen LogP contribution in [0.4, 0.5) is 0 Å². The van der Waals surface area contributed by atoms with Gasteiger partial charge in [-0.2, -0.15) is 0 Å². The van der Waals surface area contributed by atoms with Crippen molar-refractivity contribution in [3.63, 3.8) is 0 Å². The summed E-state index contributed by atoms with van der Waals surface area (Å²) in [5.74, 6) is 0.695. The second kappa shape index (κ2) is 6.06. The van der Waals surface area contributed by atoms with E-state index in [1.165, 1.54) is 11.1 Å². The highest BCUT2D eigenvalue weighted by molar-refractivity contribution is 14.1. The lowest BCUT2D eigenvalue weighted by Crippen LogP contribution is -2.00. The molecule has 0 aliphatic carbocycles. The Hall–Kier alpha value is -0.200. The molecule has 19 heavy (non-hydrogen) atoms. The van der Waals surface area contributed by atoms with E-state index < -0.39 is 0 Å². The Bertz CT molecular complexity index is 621. The summed E-state index contributed by atoms with van der Waals surface area (Å²) in [6.07, 6.45) is 0.849. The number of nitrogens with zero attached hydrogens (tertiary/aromatic N) is 2. The molecule has 0 saturated carbocycles. The molecule has 0 saturated heterocycles. The molecule has 0 aliphatic rings. The summed E-state index contributed by atoms with van der Waals surface area (Å²) in [5.41, 5.74) is 4.35. The van der Waals surface area contributed by atoms with Crippen molar-refractivity contribution in [3.8, 4) is 11.4 Å². The maximum atomic E-state index is 6.19. The van der Waals surface area contributed by atoms with Crippen LogP contribution in [0.15, 0.2) is 16.6 Å². The van der Waals surface area contributed by atoms with Gasteiger partial charge < -0.3 is 0 Å². The van der Waals surface area contributed by atoms with Crippen molar-refractivity contribution < 1.29 is 0 Å². The smallest absolute Gasteiger partial charge is 0.161 e. The van der Waals surface area contributed by atoms with E-state index in [0.29, 0.717) is 11.0 Å². The number of hydrogen-bond donors (Lipinski definition) is 0. The van der Waals surface area contributed by atoms with Crippen LogP contribution in [0.1, 0.15) is 23.7 Å². The Kier molecular flexibility index (Phi) is 4.84. The number of benzene rings is 1. The van der Waals surface area contributed by atoms with E-state index in [9.17, 15) is 0 Å². The first-order valence-corrected chi connectivity index (χ1v) is 8.18. The summed E-state index contributed by atoms with van der Waals surface area (Å²) in [7, 11) is 0. The van der Waals surface area contributed by atoms with Crippen LogP contribution in [-0.2, 0) is 6.42 Å². The van der Waals surface area contributed by atoms with Gasteiger partial charge in [0, 0.05) is 10.0 Å². The molecule has 0 spiro atoms. The fourth-order valence-corrected chi connectivity index (χ4v) is 2.94. The topological polar surface area (TPSA) is 25.8 Å². The Morgan fingerprint density at radius 1 is 1.21 bits per heavy atom. The average Bonchev–Trinajstić information content (AvgIpc) is 2.38. The molecule has 0 aliphatic heterocycles. The lowest BCUT2D eigenvalue weighted by Gasteiger charge is -2.10. The molecule has 0 amide bonds. The normalized spacial score (nSPS) is 10.8. The van der Waals surface area contributed by atoms with Crippen LogP contribution in [0.5, 0.6) is 0 Å². The molecular weight excluding hydrogens is 438 g/mol. The predicted octanol–water partition coefficient (Wildman–Crippen LogP) is 5.34. The second-order valence-corrected chi connectivity index (χ2v) is 6.61. The van der Waals surface area contributed by atoms with Crippen molar-refractivity contribution in [3.05, 3.63) is 42.1 Å². The van der Waals surface area contributed by atoms with Gasteiger partial charge in [0.2, 0.25) is 0 Å². The number of hydrogen-bond acceptors (Lipinski definition) is 2. The fourth-order valence-electron chi connectivity index (χ4n) is 1.90. The van der Waals surface area contributed by atoms with Crippen LogP contribution in [0.3, 0.4) is 0 Å². The molecule has 0 N–H and O–H groups in total. The molecule has 1 aromatic heterocycles. The number of halogens is 3. The zero-order valence-electron chi connectivity index (χ0n) is 10.9. The van der Waals surface area contributed by atoms with Gasteiger partial charge in [0.25, 0.3) is 0 Å². The van der Waals surface area contributed by atoms with Crippen LogP contribution in [0.2, 0.25) is 5.15 Å². The molecule has 0 atom stereocenters. The van der Waals surface area contributed by atoms with Gasteiger partial charge >= 0.3 is 0 Å². The van der Waals surface area contributed by atoms with Crippen LogP contribution < -0.4 is 0 Å². The molecule has 5 heteroatoms. The third kappa shape index (κ3) is 3.11. The molecule has 2 aromatic rings. The third-order valence-corrected chi connectivity index (χ3v) is 5.89. The zero-order valence-corrected chi connectivity index (χ0v) is 15.4. The molecule has 0 radical (unpaired) electrons. The largest absolute Gasteiger partial charge is 0.232 e. The van der Waals surface area contributed by atoms with Gasteiger partial charge in [-0.3, -0.25) is 0 Å². The molecule has 100 valence electrons. The molecule has 2 nitrogen and oxygen atoms in total. The van der Waals surface area contributed by atoms with E-state index in [1.54, 1.807) is 0 Å². The minimum atomic E-state index is 0.528. The summed E-state index contributed by atoms with van der Waals surface area (Å²) >= 11 is 12.0. The van der Waals surface area contributed by atoms with E-state index in [1.807, 2.05) is 0 Å². The van der Waals surface area contributed by atoms with Crippen LogP contribution >= 0.6 is 50.1 Å². The average molecular weight is 452 g/mol. The number of rotatable bonds is 2. The Balaban J connectivity index is 2.62.